The number of halogens is 2. The summed E-state index contributed by atoms with van der Waals surface area (Å²) in [6.07, 6.45) is 1.36. The van der Waals surface area contributed by atoms with Crippen LogP contribution in [0.5, 0.6) is 0 Å². The van der Waals surface area contributed by atoms with Gasteiger partial charge in [0.25, 0.3) is 0 Å². The fraction of sp³-hybridized carbons (Fsp3) is 0.0500. The summed E-state index contributed by atoms with van der Waals surface area (Å²) in [5, 5.41) is 13.2. The average Bonchev–Trinajstić information content (AvgIpc) is 2.98. The Morgan fingerprint density at radius 2 is 1.89 bits per heavy atom. The first kappa shape index (κ1) is 17.0. The molecular formula is C20H13ClFN5. The lowest BCUT2D eigenvalue weighted by Gasteiger charge is -2.09. The van der Waals surface area contributed by atoms with E-state index in [2.05, 4.69) is 21.4 Å². The Morgan fingerprint density at radius 3 is 2.63 bits per heavy atom. The van der Waals surface area contributed by atoms with Gasteiger partial charge in [-0.1, -0.05) is 11.6 Å². The minimum atomic E-state index is -0.378. The smallest absolute Gasteiger partial charge is 0.139 e. The van der Waals surface area contributed by atoms with Gasteiger partial charge in [0.2, 0.25) is 0 Å². The lowest BCUT2D eigenvalue weighted by molar-refractivity contribution is 0.619. The second-order valence-corrected chi connectivity index (χ2v) is 6.43. The zero-order chi connectivity index (χ0) is 19.0. The van der Waals surface area contributed by atoms with E-state index in [4.69, 9.17) is 11.6 Å². The second-order valence-electron chi connectivity index (χ2n) is 5.99. The standard InChI is InChI=1S/C20H13ClFN5/c1-12-20(27-11-15(22)4-7-19(27)24-12)17-8-13(10-23)9-18(26-17)25-16-5-2-14(21)3-6-16/h2-9,11H,1H3,(H,25,26). The number of pyridine rings is 2. The van der Waals surface area contributed by atoms with Crippen molar-refractivity contribution in [2.24, 2.45) is 0 Å². The molecule has 0 radical (unpaired) electrons. The number of aryl methyl sites for hydroxylation is 1. The summed E-state index contributed by atoms with van der Waals surface area (Å²) in [6.45, 7) is 1.83. The number of hydrogen-bond donors (Lipinski definition) is 1. The Labute approximate surface area is 159 Å². The van der Waals surface area contributed by atoms with Crippen molar-refractivity contribution in [1.82, 2.24) is 14.4 Å². The fourth-order valence-corrected chi connectivity index (χ4v) is 3.03. The number of rotatable bonds is 3. The molecule has 0 saturated carbocycles. The zero-order valence-electron chi connectivity index (χ0n) is 14.2. The molecule has 1 N–H and O–H groups in total. The Morgan fingerprint density at radius 1 is 1.11 bits per heavy atom. The van der Waals surface area contributed by atoms with Gasteiger partial charge in [-0.25, -0.2) is 14.4 Å². The van der Waals surface area contributed by atoms with E-state index in [9.17, 15) is 9.65 Å². The molecule has 0 amide bonds. The molecule has 0 saturated heterocycles. The molecule has 0 unspecified atom stereocenters. The van der Waals surface area contributed by atoms with E-state index < -0.39 is 0 Å². The molecule has 132 valence electrons. The maximum atomic E-state index is 13.7. The summed E-state index contributed by atoms with van der Waals surface area (Å²) in [5.74, 6) is 0.120. The maximum absolute atomic E-state index is 13.7. The van der Waals surface area contributed by atoms with E-state index >= 15 is 0 Å². The number of nitrogens with zero attached hydrogens (tertiary/aromatic N) is 4. The zero-order valence-corrected chi connectivity index (χ0v) is 15.0. The van der Waals surface area contributed by atoms with Crippen molar-refractivity contribution in [2.75, 3.05) is 5.32 Å². The van der Waals surface area contributed by atoms with Crippen LogP contribution in [0, 0.1) is 24.1 Å². The van der Waals surface area contributed by atoms with E-state index in [0.29, 0.717) is 39.1 Å². The molecule has 27 heavy (non-hydrogen) atoms. The van der Waals surface area contributed by atoms with Gasteiger partial charge in [0.1, 0.15) is 17.3 Å². The van der Waals surface area contributed by atoms with Crippen molar-refractivity contribution >= 4 is 28.8 Å². The van der Waals surface area contributed by atoms with Crippen LogP contribution in [0.25, 0.3) is 17.0 Å². The van der Waals surface area contributed by atoms with E-state index in [0.717, 1.165) is 5.69 Å². The van der Waals surface area contributed by atoms with Crippen LogP contribution in [-0.2, 0) is 0 Å². The summed E-state index contributed by atoms with van der Waals surface area (Å²) in [6, 6.07) is 15.6. The van der Waals surface area contributed by atoms with E-state index in [1.54, 1.807) is 34.7 Å². The predicted octanol–water partition coefficient (Wildman–Crippen LogP) is 5.11. The monoisotopic (exact) mass is 377 g/mol. The average molecular weight is 378 g/mol. The van der Waals surface area contributed by atoms with Crippen LogP contribution in [-0.4, -0.2) is 14.4 Å². The van der Waals surface area contributed by atoms with Crippen molar-refractivity contribution in [3.63, 3.8) is 0 Å². The number of nitrogens with one attached hydrogen (secondary N) is 1. The van der Waals surface area contributed by atoms with Crippen molar-refractivity contribution in [3.05, 3.63) is 76.8 Å². The molecule has 5 nitrogen and oxygen atoms in total. The summed E-state index contributed by atoms with van der Waals surface area (Å²) in [7, 11) is 0. The second kappa shape index (κ2) is 6.71. The molecule has 4 rings (SSSR count). The van der Waals surface area contributed by atoms with Gasteiger partial charge >= 0.3 is 0 Å². The summed E-state index contributed by atoms with van der Waals surface area (Å²) >= 11 is 5.91. The van der Waals surface area contributed by atoms with Gasteiger partial charge in [0.05, 0.1) is 28.7 Å². The molecule has 0 aliphatic rings. The fourth-order valence-electron chi connectivity index (χ4n) is 2.91. The molecule has 1 aromatic carbocycles. The number of aromatic nitrogens is 3. The highest BCUT2D eigenvalue weighted by Gasteiger charge is 2.15. The first-order valence-corrected chi connectivity index (χ1v) is 8.50. The van der Waals surface area contributed by atoms with Crippen LogP contribution >= 0.6 is 11.6 Å². The van der Waals surface area contributed by atoms with Crippen LogP contribution in [0.2, 0.25) is 5.02 Å². The highest BCUT2D eigenvalue weighted by molar-refractivity contribution is 6.30. The van der Waals surface area contributed by atoms with E-state index in [1.807, 2.05) is 19.1 Å². The minimum absolute atomic E-state index is 0.378. The topological polar surface area (TPSA) is 66.0 Å². The lowest BCUT2D eigenvalue weighted by Crippen LogP contribution is -1.99. The third-order valence-corrected chi connectivity index (χ3v) is 4.32. The molecule has 4 aromatic rings. The Hall–Kier alpha value is -3.43. The van der Waals surface area contributed by atoms with E-state index in [1.165, 1.54) is 12.3 Å². The largest absolute Gasteiger partial charge is 0.340 e. The van der Waals surface area contributed by atoms with Crippen molar-refractivity contribution in [2.45, 2.75) is 6.92 Å². The highest BCUT2D eigenvalue weighted by atomic mass is 35.5. The molecule has 7 heteroatoms. The molecule has 0 spiro atoms. The molecule has 0 atom stereocenters. The first-order valence-electron chi connectivity index (χ1n) is 8.13. The van der Waals surface area contributed by atoms with Crippen molar-refractivity contribution < 1.29 is 4.39 Å². The predicted molar refractivity (Wildman–Crippen MR) is 103 cm³/mol. The molecular weight excluding hydrogens is 365 g/mol. The first-order chi connectivity index (χ1) is 13.0. The normalized spacial score (nSPS) is 10.7. The molecule has 3 aromatic heterocycles. The Bertz CT molecular complexity index is 1190. The SMILES string of the molecule is Cc1nc2ccc(F)cn2c1-c1cc(C#N)cc(Nc2ccc(Cl)cc2)n1. The molecule has 3 heterocycles. The number of imidazole rings is 1. The number of fused-ring (bicyclic) bond motifs is 1. The van der Waals surface area contributed by atoms with Gasteiger partial charge in [0, 0.05) is 16.9 Å². The Balaban J connectivity index is 1.84. The summed E-state index contributed by atoms with van der Waals surface area (Å²) in [5.41, 5.74) is 3.69. The van der Waals surface area contributed by atoms with E-state index in [-0.39, 0.29) is 5.82 Å². The van der Waals surface area contributed by atoms with Crippen LogP contribution < -0.4 is 5.32 Å². The number of hydrogen-bond acceptors (Lipinski definition) is 4. The number of nitriles is 1. The van der Waals surface area contributed by atoms with Crippen molar-refractivity contribution in [1.29, 1.82) is 5.26 Å². The van der Waals surface area contributed by atoms with Gasteiger partial charge in [-0.2, -0.15) is 5.26 Å². The summed E-state index contributed by atoms with van der Waals surface area (Å²) in [4.78, 5) is 9.05. The number of benzene rings is 1. The third-order valence-electron chi connectivity index (χ3n) is 4.07. The summed E-state index contributed by atoms with van der Waals surface area (Å²) < 4.78 is 15.4. The molecule has 0 aliphatic heterocycles. The van der Waals surface area contributed by atoms with Crippen LogP contribution in [0.4, 0.5) is 15.9 Å². The van der Waals surface area contributed by atoms with Crippen LogP contribution in [0.15, 0.2) is 54.7 Å². The quantitative estimate of drug-likeness (QED) is 0.538. The van der Waals surface area contributed by atoms with Crippen molar-refractivity contribution in [3.8, 4) is 17.5 Å². The maximum Gasteiger partial charge on any atom is 0.139 e. The third kappa shape index (κ3) is 3.33. The lowest BCUT2D eigenvalue weighted by atomic mass is 10.1. The highest BCUT2D eigenvalue weighted by Crippen LogP contribution is 2.27. The van der Waals surface area contributed by atoms with Gasteiger partial charge in [-0.15, -0.1) is 0 Å². The molecule has 0 aliphatic carbocycles. The van der Waals surface area contributed by atoms with Gasteiger partial charge in [-0.05, 0) is 55.5 Å². The number of anilines is 2. The van der Waals surface area contributed by atoms with Gasteiger partial charge in [0.15, 0.2) is 0 Å². The van der Waals surface area contributed by atoms with Crippen LogP contribution in [0.1, 0.15) is 11.3 Å². The molecule has 0 fully saturated rings. The van der Waals surface area contributed by atoms with Gasteiger partial charge in [-0.3, -0.25) is 4.40 Å². The molecule has 0 bridgehead atoms. The Kier molecular flexibility index (Phi) is 4.22. The van der Waals surface area contributed by atoms with Crippen LogP contribution in [0.3, 0.4) is 0 Å². The van der Waals surface area contributed by atoms with Gasteiger partial charge < -0.3 is 5.32 Å². The minimum Gasteiger partial charge on any atom is -0.340 e.